The summed E-state index contributed by atoms with van der Waals surface area (Å²) < 4.78 is 50.2. The van der Waals surface area contributed by atoms with Crippen LogP contribution in [-0.4, -0.2) is 55.4 Å². The lowest BCUT2D eigenvalue weighted by Gasteiger charge is -2.38. The van der Waals surface area contributed by atoms with E-state index in [4.69, 9.17) is 11.6 Å². The highest BCUT2D eigenvalue weighted by molar-refractivity contribution is 7.92. The van der Waals surface area contributed by atoms with E-state index in [-0.39, 0.29) is 41.8 Å². The van der Waals surface area contributed by atoms with E-state index in [1.807, 2.05) is 0 Å². The summed E-state index contributed by atoms with van der Waals surface area (Å²) in [6, 6.07) is 0.0552. The first-order chi connectivity index (χ1) is 9.29. The van der Waals surface area contributed by atoms with E-state index in [9.17, 15) is 16.8 Å². The number of halogens is 1. The van der Waals surface area contributed by atoms with Crippen LogP contribution in [0.1, 0.15) is 38.5 Å². The summed E-state index contributed by atoms with van der Waals surface area (Å²) in [6.07, 6.45) is 3.71. The van der Waals surface area contributed by atoms with Crippen molar-refractivity contribution < 1.29 is 16.8 Å². The molecule has 2 bridgehead atoms. The van der Waals surface area contributed by atoms with Crippen molar-refractivity contribution in [1.82, 2.24) is 4.31 Å². The number of sulfonamides is 1. The minimum Gasteiger partial charge on any atom is -0.229 e. The number of sulfone groups is 1. The monoisotopic (exact) mass is 341 g/mol. The number of hydrogen-bond acceptors (Lipinski definition) is 4. The molecule has 0 saturated carbocycles. The van der Waals surface area contributed by atoms with Crippen molar-refractivity contribution in [3.8, 4) is 0 Å². The maximum Gasteiger partial charge on any atom is 0.217 e. The van der Waals surface area contributed by atoms with Gasteiger partial charge >= 0.3 is 0 Å². The third-order valence-corrected chi connectivity index (χ3v) is 9.39. The number of alkyl halides is 1. The molecule has 3 rings (SSSR count). The Kier molecular flexibility index (Phi) is 3.85. The van der Waals surface area contributed by atoms with Crippen molar-refractivity contribution in [2.75, 3.05) is 11.5 Å². The molecule has 116 valence electrons. The number of rotatable bonds is 2. The Morgan fingerprint density at radius 3 is 1.95 bits per heavy atom. The molecule has 0 N–H and O–H groups in total. The summed E-state index contributed by atoms with van der Waals surface area (Å²) in [7, 11) is -6.42. The van der Waals surface area contributed by atoms with Crippen LogP contribution in [0, 0.1) is 0 Å². The molecule has 2 unspecified atom stereocenters. The largest absolute Gasteiger partial charge is 0.229 e. The van der Waals surface area contributed by atoms with Crippen molar-refractivity contribution in [2.45, 2.75) is 61.2 Å². The second kappa shape index (κ2) is 5.11. The zero-order valence-corrected chi connectivity index (χ0v) is 13.6. The Labute approximate surface area is 125 Å². The number of piperidine rings is 1. The summed E-state index contributed by atoms with van der Waals surface area (Å²) in [5.74, 6) is -0.00357. The van der Waals surface area contributed by atoms with Crippen LogP contribution in [0.4, 0.5) is 0 Å². The van der Waals surface area contributed by atoms with Crippen LogP contribution in [0.25, 0.3) is 0 Å². The minimum atomic E-state index is -3.38. The molecule has 0 aromatic rings. The van der Waals surface area contributed by atoms with Crippen LogP contribution < -0.4 is 0 Å². The van der Waals surface area contributed by atoms with Gasteiger partial charge in [0.15, 0.2) is 0 Å². The van der Waals surface area contributed by atoms with Gasteiger partial charge in [-0.25, -0.2) is 16.8 Å². The van der Waals surface area contributed by atoms with E-state index in [1.54, 1.807) is 4.31 Å². The SMILES string of the molecule is O=S1(=O)CCC(S(=O)(=O)N2C3CCC2CC(Cl)C3)CC1. The van der Waals surface area contributed by atoms with Gasteiger partial charge in [-0.2, -0.15) is 4.31 Å². The van der Waals surface area contributed by atoms with E-state index < -0.39 is 25.1 Å². The molecule has 0 spiro atoms. The molecule has 0 aliphatic carbocycles. The molecule has 20 heavy (non-hydrogen) atoms. The molecule has 3 saturated heterocycles. The lowest BCUT2D eigenvalue weighted by Crippen LogP contribution is -2.51. The first-order valence-corrected chi connectivity index (χ1v) is 10.9. The van der Waals surface area contributed by atoms with Gasteiger partial charge in [-0.3, -0.25) is 0 Å². The lowest BCUT2D eigenvalue weighted by molar-refractivity contribution is 0.247. The topological polar surface area (TPSA) is 71.5 Å². The number of fused-ring (bicyclic) bond motifs is 2. The fraction of sp³-hybridized carbons (Fsp3) is 1.00. The zero-order chi connectivity index (χ0) is 14.5. The van der Waals surface area contributed by atoms with Gasteiger partial charge in [-0.05, 0) is 38.5 Å². The van der Waals surface area contributed by atoms with Gasteiger partial charge in [0.25, 0.3) is 0 Å². The quantitative estimate of drug-likeness (QED) is 0.706. The lowest BCUT2D eigenvalue weighted by atomic mass is 10.1. The molecule has 3 fully saturated rings. The molecule has 5 nitrogen and oxygen atoms in total. The van der Waals surface area contributed by atoms with Crippen LogP contribution in [0.2, 0.25) is 0 Å². The molecule has 3 aliphatic rings. The van der Waals surface area contributed by atoms with Crippen molar-refractivity contribution in [2.24, 2.45) is 0 Å². The van der Waals surface area contributed by atoms with Crippen LogP contribution in [-0.2, 0) is 19.9 Å². The van der Waals surface area contributed by atoms with Gasteiger partial charge in [-0.1, -0.05) is 0 Å². The van der Waals surface area contributed by atoms with Gasteiger partial charge in [-0.15, -0.1) is 11.6 Å². The molecule has 3 aliphatic heterocycles. The minimum absolute atomic E-state index is 0.00178. The fourth-order valence-electron chi connectivity index (χ4n) is 3.82. The van der Waals surface area contributed by atoms with Crippen molar-refractivity contribution in [3.63, 3.8) is 0 Å². The molecular formula is C12H20ClNO4S2. The summed E-state index contributed by atoms with van der Waals surface area (Å²) in [5.41, 5.74) is 0. The van der Waals surface area contributed by atoms with Crippen molar-refractivity contribution in [1.29, 1.82) is 0 Å². The van der Waals surface area contributed by atoms with E-state index in [2.05, 4.69) is 0 Å². The summed E-state index contributed by atoms with van der Waals surface area (Å²) >= 11 is 6.18. The molecular weight excluding hydrogens is 322 g/mol. The summed E-state index contributed by atoms with van der Waals surface area (Å²) in [5, 5.41) is -0.452. The Bertz CT molecular complexity index is 561. The van der Waals surface area contributed by atoms with Gasteiger partial charge in [0.05, 0.1) is 16.8 Å². The predicted octanol–water partition coefficient (Wildman–Crippen LogP) is 1.13. The summed E-state index contributed by atoms with van der Waals surface area (Å²) in [4.78, 5) is 0. The van der Waals surface area contributed by atoms with Gasteiger partial charge in [0, 0.05) is 17.5 Å². The fourth-order valence-corrected chi connectivity index (χ4v) is 8.41. The zero-order valence-electron chi connectivity index (χ0n) is 11.2. The van der Waals surface area contributed by atoms with Crippen LogP contribution >= 0.6 is 11.6 Å². The number of hydrogen-bond donors (Lipinski definition) is 0. The molecule has 2 atom stereocenters. The van der Waals surface area contributed by atoms with Gasteiger partial charge in [0.1, 0.15) is 9.84 Å². The maximum atomic E-state index is 12.8. The normalized spacial score (nSPS) is 39.0. The Morgan fingerprint density at radius 2 is 1.45 bits per heavy atom. The number of nitrogens with zero attached hydrogens (tertiary/aromatic N) is 1. The first-order valence-electron chi connectivity index (χ1n) is 7.16. The van der Waals surface area contributed by atoms with Crippen molar-refractivity contribution >= 4 is 31.5 Å². The van der Waals surface area contributed by atoms with Gasteiger partial charge in [0.2, 0.25) is 10.0 Å². The molecule has 3 heterocycles. The Morgan fingerprint density at radius 1 is 0.950 bits per heavy atom. The average Bonchev–Trinajstić information content (AvgIpc) is 2.62. The Hall–Kier alpha value is 0.150. The predicted molar refractivity (Wildman–Crippen MR) is 78.1 cm³/mol. The van der Waals surface area contributed by atoms with E-state index in [1.165, 1.54) is 0 Å². The Balaban J connectivity index is 1.80. The highest BCUT2D eigenvalue weighted by Crippen LogP contribution is 2.41. The highest BCUT2D eigenvalue weighted by Gasteiger charge is 2.49. The van der Waals surface area contributed by atoms with Crippen LogP contribution in [0.3, 0.4) is 0 Å². The highest BCUT2D eigenvalue weighted by atomic mass is 35.5. The standard InChI is InChI=1S/C12H20ClNO4S2/c13-9-7-10-1-2-11(8-9)14(10)20(17,18)12-3-5-19(15,16)6-4-12/h9-12H,1-8H2. The third-order valence-electron chi connectivity index (χ3n) is 4.83. The van der Waals surface area contributed by atoms with Crippen molar-refractivity contribution in [3.05, 3.63) is 0 Å². The maximum absolute atomic E-state index is 12.8. The smallest absolute Gasteiger partial charge is 0.217 e. The molecule has 8 heteroatoms. The summed E-state index contributed by atoms with van der Waals surface area (Å²) in [6.45, 7) is 0. The van der Waals surface area contributed by atoms with Gasteiger partial charge < -0.3 is 0 Å². The molecule has 0 amide bonds. The second-order valence-corrected chi connectivity index (χ2v) is 11.2. The van der Waals surface area contributed by atoms with E-state index >= 15 is 0 Å². The first kappa shape index (κ1) is 15.1. The molecule has 0 aromatic heterocycles. The van der Waals surface area contributed by atoms with E-state index in [0.29, 0.717) is 0 Å². The average molecular weight is 342 g/mol. The van der Waals surface area contributed by atoms with E-state index in [0.717, 1.165) is 25.7 Å². The second-order valence-electron chi connectivity index (χ2n) is 6.18. The third kappa shape index (κ3) is 2.62. The van der Waals surface area contributed by atoms with Crippen LogP contribution in [0.15, 0.2) is 0 Å². The molecule has 0 aromatic carbocycles. The van der Waals surface area contributed by atoms with Crippen LogP contribution in [0.5, 0.6) is 0 Å². The molecule has 0 radical (unpaired) electrons.